The van der Waals surface area contributed by atoms with Gasteiger partial charge in [-0.25, -0.2) is 0 Å². The Balaban J connectivity index is 2.94. The summed E-state index contributed by atoms with van der Waals surface area (Å²) in [5.41, 5.74) is 0.895. The first kappa shape index (κ1) is 14.6. The lowest BCUT2D eigenvalue weighted by atomic mass is 9.75. The molecule has 0 fully saturated rings. The molecule has 0 aromatic carbocycles. The minimum atomic E-state index is -0.789. The van der Waals surface area contributed by atoms with Crippen LogP contribution in [0.3, 0.4) is 0 Å². The van der Waals surface area contributed by atoms with Gasteiger partial charge in [0.1, 0.15) is 6.10 Å². The highest BCUT2D eigenvalue weighted by molar-refractivity contribution is 5.20. The number of methoxy groups -OCH3 is 2. The fourth-order valence-corrected chi connectivity index (χ4v) is 2.47. The Bertz CT molecular complexity index is 262. The van der Waals surface area contributed by atoms with Gasteiger partial charge in [0, 0.05) is 26.1 Å². The maximum Gasteiger partial charge on any atom is 0.102 e. The summed E-state index contributed by atoms with van der Waals surface area (Å²) in [5.74, 6) is 0.204. The molecule has 0 bridgehead atoms. The smallest absolute Gasteiger partial charge is 0.102 e. The van der Waals surface area contributed by atoms with Gasteiger partial charge in [-0.15, -0.1) is 0 Å². The average molecular weight is 244 g/mol. The molecule has 4 heteroatoms. The second kappa shape index (κ2) is 6.50. The van der Waals surface area contributed by atoms with Crippen LogP contribution in [0.25, 0.3) is 0 Å². The van der Waals surface area contributed by atoms with Crippen LogP contribution < -0.4 is 0 Å². The van der Waals surface area contributed by atoms with E-state index in [0.717, 1.165) is 5.57 Å². The van der Waals surface area contributed by atoms with E-state index in [0.29, 0.717) is 13.2 Å². The molecule has 0 radical (unpaired) electrons. The van der Waals surface area contributed by atoms with Gasteiger partial charge in [-0.1, -0.05) is 19.9 Å². The van der Waals surface area contributed by atoms with E-state index >= 15 is 0 Å². The van der Waals surface area contributed by atoms with Gasteiger partial charge in [0.2, 0.25) is 0 Å². The first-order valence-electron chi connectivity index (χ1n) is 6.08. The van der Waals surface area contributed by atoms with Crippen molar-refractivity contribution in [3.8, 4) is 0 Å². The summed E-state index contributed by atoms with van der Waals surface area (Å²) >= 11 is 0. The Labute approximate surface area is 103 Å². The van der Waals surface area contributed by atoms with Crippen LogP contribution in [0.2, 0.25) is 0 Å². The molecule has 17 heavy (non-hydrogen) atoms. The van der Waals surface area contributed by atoms with Gasteiger partial charge in [0.15, 0.2) is 0 Å². The number of rotatable bonds is 5. The SMILES string of the molecule is COC[C@@H]1[C@H](O)[C@H](O)C(C(C)C)=C[C@@H]1COC. The first-order valence-corrected chi connectivity index (χ1v) is 6.08. The fourth-order valence-electron chi connectivity index (χ4n) is 2.47. The van der Waals surface area contributed by atoms with E-state index in [1.54, 1.807) is 14.2 Å². The molecule has 100 valence electrons. The van der Waals surface area contributed by atoms with Gasteiger partial charge >= 0.3 is 0 Å². The van der Waals surface area contributed by atoms with Crippen molar-refractivity contribution >= 4 is 0 Å². The molecule has 1 rings (SSSR count). The molecule has 0 aliphatic heterocycles. The molecule has 4 atom stereocenters. The minimum absolute atomic E-state index is 0.0933. The van der Waals surface area contributed by atoms with Gasteiger partial charge < -0.3 is 19.7 Å². The minimum Gasteiger partial charge on any atom is -0.390 e. The summed E-state index contributed by atoms with van der Waals surface area (Å²) in [4.78, 5) is 0. The van der Waals surface area contributed by atoms with E-state index in [9.17, 15) is 10.2 Å². The van der Waals surface area contributed by atoms with Crippen molar-refractivity contribution in [2.75, 3.05) is 27.4 Å². The van der Waals surface area contributed by atoms with Crippen LogP contribution >= 0.6 is 0 Å². The highest BCUT2D eigenvalue weighted by atomic mass is 16.5. The van der Waals surface area contributed by atoms with Crippen molar-refractivity contribution in [2.24, 2.45) is 17.8 Å². The van der Waals surface area contributed by atoms with Gasteiger partial charge in [-0.2, -0.15) is 0 Å². The lowest BCUT2D eigenvalue weighted by Crippen LogP contribution is -2.46. The molecule has 2 N–H and O–H groups in total. The molecular formula is C13H24O4. The van der Waals surface area contributed by atoms with Crippen molar-refractivity contribution in [3.63, 3.8) is 0 Å². The molecule has 0 heterocycles. The highest BCUT2D eigenvalue weighted by Crippen LogP contribution is 2.33. The topological polar surface area (TPSA) is 58.9 Å². The predicted octanol–water partition coefficient (Wildman–Crippen LogP) is 0.829. The molecule has 0 spiro atoms. The molecule has 4 nitrogen and oxygen atoms in total. The summed E-state index contributed by atoms with van der Waals surface area (Å²) in [6.45, 7) is 4.99. The summed E-state index contributed by atoms with van der Waals surface area (Å²) in [6.07, 6.45) is 0.468. The van der Waals surface area contributed by atoms with Crippen LogP contribution in [0.5, 0.6) is 0 Å². The van der Waals surface area contributed by atoms with Crippen molar-refractivity contribution in [3.05, 3.63) is 11.6 Å². The Morgan fingerprint density at radius 1 is 1.18 bits per heavy atom. The molecule has 0 amide bonds. The Hall–Kier alpha value is -0.420. The first-order chi connectivity index (χ1) is 8.02. The number of aliphatic hydroxyl groups is 2. The largest absolute Gasteiger partial charge is 0.390 e. The number of aliphatic hydroxyl groups excluding tert-OH is 2. The third-order valence-electron chi connectivity index (χ3n) is 3.45. The molecule has 1 aliphatic rings. The van der Waals surface area contributed by atoms with Crippen molar-refractivity contribution in [2.45, 2.75) is 26.1 Å². The van der Waals surface area contributed by atoms with Crippen molar-refractivity contribution < 1.29 is 19.7 Å². The molecular weight excluding hydrogens is 220 g/mol. The molecule has 0 saturated heterocycles. The molecule has 0 saturated carbocycles. The van der Waals surface area contributed by atoms with Crippen molar-refractivity contribution in [1.29, 1.82) is 0 Å². The monoisotopic (exact) mass is 244 g/mol. The molecule has 0 aromatic heterocycles. The summed E-state index contributed by atoms with van der Waals surface area (Å²) in [6, 6.07) is 0. The van der Waals surface area contributed by atoms with Gasteiger partial charge in [-0.05, 0) is 11.5 Å². The van der Waals surface area contributed by atoms with E-state index in [2.05, 4.69) is 0 Å². The predicted molar refractivity (Wildman–Crippen MR) is 65.7 cm³/mol. The van der Waals surface area contributed by atoms with Crippen molar-refractivity contribution in [1.82, 2.24) is 0 Å². The van der Waals surface area contributed by atoms with E-state index in [4.69, 9.17) is 9.47 Å². The van der Waals surface area contributed by atoms with Crippen LogP contribution in [0.1, 0.15) is 13.8 Å². The van der Waals surface area contributed by atoms with E-state index in [1.165, 1.54) is 0 Å². The highest BCUT2D eigenvalue weighted by Gasteiger charge is 2.38. The van der Waals surface area contributed by atoms with Crippen LogP contribution in [-0.4, -0.2) is 49.9 Å². The van der Waals surface area contributed by atoms with E-state index in [1.807, 2.05) is 19.9 Å². The fraction of sp³-hybridized carbons (Fsp3) is 0.846. The molecule has 0 aromatic rings. The van der Waals surface area contributed by atoms with Crippen LogP contribution in [0, 0.1) is 17.8 Å². The van der Waals surface area contributed by atoms with Crippen LogP contribution in [0.15, 0.2) is 11.6 Å². The maximum atomic E-state index is 10.2. The molecule has 0 unspecified atom stereocenters. The summed E-state index contributed by atoms with van der Waals surface area (Å²) in [5, 5.41) is 20.2. The number of hydrogen-bond acceptors (Lipinski definition) is 4. The van der Waals surface area contributed by atoms with E-state index in [-0.39, 0.29) is 17.8 Å². The van der Waals surface area contributed by atoms with Gasteiger partial charge in [0.25, 0.3) is 0 Å². The Morgan fingerprint density at radius 3 is 2.24 bits per heavy atom. The normalized spacial score (nSPS) is 33.9. The summed E-state index contributed by atoms with van der Waals surface area (Å²) in [7, 11) is 3.24. The zero-order chi connectivity index (χ0) is 13.0. The second-order valence-corrected chi connectivity index (χ2v) is 5.00. The second-order valence-electron chi connectivity index (χ2n) is 5.00. The quantitative estimate of drug-likeness (QED) is 0.703. The third kappa shape index (κ3) is 3.28. The number of hydrogen-bond donors (Lipinski definition) is 2. The molecule has 1 aliphatic carbocycles. The number of ether oxygens (including phenoxy) is 2. The van der Waals surface area contributed by atoms with E-state index < -0.39 is 12.2 Å². The van der Waals surface area contributed by atoms with Crippen LogP contribution in [0.4, 0.5) is 0 Å². The third-order valence-corrected chi connectivity index (χ3v) is 3.45. The lowest BCUT2D eigenvalue weighted by Gasteiger charge is -2.38. The van der Waals surface area contributed by atoms with Gasteiger partial charge in [0.05, 0.1) is 19.3 Å². The van der Waals surface area contributed by atoms with Crippen LogP contribution in [-0.2, 0) is 9.47 Å². The van der Waals surface area contributed by atoms with Gasteiger partial charge in [-0.3, -0.25) is 0 Å². The summed E-state index contributed by atoms with van der Waals surface area (Å²) < 4.78 is 10.3. The average Bonchev–Trinajstić information content (AvgIpc) is 2.28. The maximum absolute atomic E-state index is 10.2. The lowest BCUT2D eigenvalue weighted by molar-refractivity contribution is -0.0586. The Morgan fingerprint density at radius 2 is 1.76 bits per heavy atom. The Kier molecular flexibility index (Phi) is 5.59. The standard InChI is InChI=1S/C13H24O4/c1-8(2)10-5-9(6-16-3)11(7-17-4)13(15)12(10)14/h5,8-9,11-15H,6-7H2,1-4H3/t9-,11+,12-,13+/m1/s1. The zero-order valence-electron chi connectivity index (χ0n) is 11.1. The zero-order valence-corrected chi connectivity index (χ0v) is 11.1.